The van der Waals surface area contributed by atoms with Gasteiger partial charge in [-0.1, -0.05) is 50.6 Å². The Kier molecular flexibility index (Phi) is 5.41. The van der Waals surface area contributed by atoms with Gasteiger partial charge in [0.05, 0.1) is 6.42 Å². The fourth-order valence-corrected chi connectivity index (χ4v) is 5.82. The summed E-state index contributed by atoms with van der Waals surface area (Å²) < 4.78 is 0. The van der Waals surface area contributed by atoms with Crippen LogP contribution in [0.2, 0.25) is 5.02 Å². The fourth-order valence-electron chi connectivity index (χ4n) is 5.62. The van der Waals surface area contributed by atoms with Crippen molar-refractivity contribution in [3.05, 3.63) is 75.6 Å². The lowest BCUT2D eigenvalue weighted by Gasteiger charge is -2.34. The number of likely N-dealkylation sites (tertiary alicyclic amines) is 1. The lowest BCUT2D eigenvalue weighted by Crippen LogP contribution is -2.52. The van der Waals surface area contributed by atoms with Gasteiger partial charge in [-0.2, -0.15) is 0 Å². The lowest BCUT2D eigenvalue weighted by atomic mass is 9.80. The molecule has 3 heterocycles. The first-order chi connectivity index (χ1) is 16.5. The fraction of sp³-hybridized carbons (Fsp3) is 0.407. The zero-order valence-corrected chi connectivity index (χ0v) is 20.7. The number of hydrogen-bond donors (Lipinski definition) is 1. The molecule has 0 bridgehead atoms. The number of anilines is 1. The van der Waals surface area contributed by atoms with Crippen LogP contribution in [0.4, 0.5) is 5.69 Å². The molecule has 0 radical (unpaired) electrons. The first-order valence-electron chi connectivity index (χ1n) is 11.7. The second-order valence-corrected chi connectivity index (χ2v) is 11.3. The predicted octanol–water partition coefficient (Wildman–Crippen LogP) is 4.47. The van der Waals surface area contributed by atoms with E-state index in [0.29, 0.717) is 17.0 Å². The first kappa shape index (κ1) is 23.4. The Balaban J connectivity index is 1.50. The van der Waals surface area contributed by atoms with Crippen LogP contribution in [0, 0.1) is 12.0 Å². The van der Waals surface area contributed by atoms with E-state index in [2.05, 4.69) is 10.2 Å². The topological polar surface area (TPSA) is 74.1 Å². The molecule has 0 saturated carbocycles. The quantitative estimate of drug-likeness (QED) is 0.645. The molecule has 2 aromatic rings. The Morgan fingerprint density at radius 1 is 1.26 bits per heavy atom. The summed E-state index contributed by atoms with van der Waals surface area (Å²) in [6.45, 7) is 14.3. The minimum atomic E-state index is -0.959. The highest BCUT2D eigenvalue weighted by Gasteiger charge is 2.59. The van der Waals surface area contributed by atoms with Gasteiger partial charge in [-0.05, 0) is 47.2 Å². The zero-order valence-electron chi connectivity index (χ0n) is 20.0. The molecule has 0 aromatic heterocycles. The van der Waals surface area contributed by atoms with Crippen molar-refractivity contribution in [1.82, 2.24) is 9.80 Å². The maximum absolute atomic E-state index is 14.1. The number of rotatable bonds is 3. The van der Waals surface area contributed by atoms with Crippen LogP contribution in [0.15, 0.2) is 42.5 Å². The standard InChI is InChI=1S/C27H27ClN4O3/c1-26(2,3)12-21(31-14-16-11-17(28)9-10-18(16)23(31)33)24(34)32-15-27(13-22(32)29-4)19-7-5-6-8-20(19)30-25(27)35/h5-11,21-22H,12-15H2,1-3H3,(H,30,35)/t21-,22-,27-/m0/s1. The number of nitrogens with one attached hydrogen (secondary N) is 1. The van der Waals surface area contributed by atoms with Crippen LogP contribution in [0.3, 0.4) is 0 Å². The third-order valence-electron chi connectivity index (χ3n) is 7.25. The van der Waals surface area contributed by atoms with E-state index in [9.17, 15) is 14.4 Å². The van der Waals surface area contributed by atoms with Crippen LogP contribution < -0.4 is 5.32 Å². The van der Waals surface area contributed by atoms with Gasteiger partial charge in [0.2, 0.25) is 5.91 Å². The number of nitrogens with zero attached hydrogens (tertiary/aromatic N) is 3. The van der Waals surface area contributed by atoms with Crippen LogP contribution in [0.25, 0.3) is 4.85 Å². The predicted molar refractivity (Wildman–Crippen MR) is 133 cm³/mol. The largest absolute Gasteiger partial charge is 0.325 e. The van der Waals surface area contributed by atoms with E-state index in [1.54, 1.807) is 23.1 Å². The Hall–Kier alpha value is -3.37. The van der Waals surface area contributed by atoms with Crippen molar-refractivity contribution in [2.24, 2.45) is 5.41 Å². The number of halogens is 1. The second-order valence-electron chi connectivity index (χ2n) is 10.9. The van der Waals surface area contributed by atoms with Gasteiger partial charge in [0, 0.05) is 29.4 Å². The molecule has 35 heavy (non-hydrogen) atoms. The average molecular weight is 491 g/mol. The molecule has 5 rings (SSSR count). The van der Waals surface area contributed by atoms with E-state index < -0.39 is 17.6 Å². The number of benzene rings is 2. The highest BCUT2D eigenvalue weighted by atomic mass is 35.5. The average Bonchev–Trinajstić information content (AvgIpc) is 3.44. The minimum Gasteiger partial charge on any atom is -0.325 e. The molecule has 180 valence electrons. The number of carbonyl (C=O) groups excluding carboxylic acids is 3. The summed E-state index contributed by atoms with van der Waals surface area (Å²) in [5.41, 5.74) is 1.67. The van der Waals surface area contributed by atoms with Crippen molar-refractivity contribution in [3.8, 4) is 0 Å². The molecule has 3 aliphatic rings. The van der Waals surface area contributed by atoms with E-state index in [-0.39, 0.29) is 42.6 Å². The normalized spacial score (nSPS) is 23.8. The van der Waals surface area contributed by atoms with Crippen LogP contribution >= 0.6 is 11.6 Å². The van der Waals surface area contributed by atoms with Crippen LogP contribution in [-0.2, 0) is 21.5 Å². The Labute approximate surface area is 209 Å². The molecule has 0 aliphatic carbocycles. The summed E-state index contributed by atoms with van der Waals surface area (Å²) in [6, 6.07) is 11.8. The molecular formula is C27H27ClN4O3. The Bertz CT molecular complexity index is 1290. The van der Waals surface area contributed by atoms with Crippen molar-refractivity contribution in [2.75, 3.05) is 11.9 Å². The number of fused-ring (bicyclic) bond motifs is 3. The van der Waals surface area contributed by atoms with Crippen LogP contribution in [0.1, 0.15) is 55.1 Å². The third kappa shape index (κ3) is 3.77. The molecule has 1 spiro atoms. The van der Waals surface area contributed by atoms with Crippen molar-refractivity contribution >= 4 is 35.0 Å². The van der Waals surface area contributed by atoms with E-state index in [1.165, 1.54) is 4.90 Å². The number of para-hydroxylation sites is 1. The molecule has 1 saturated heterocycles. The molecule has 2 aromatic carbocycles. The van der Waals surface area contributed by atoms with Crippen LogP contribution in [0.5, 0.6) is 0 Å². The van der Waals surface area contributed by atoms with Crippen molar-refractivity contribution in [1.29, 1.82) is 0 Å². The maximum Gasteiger partial charge on any atom is 0.302 e. The smallest absolute Gasteiger partial charge is 0.302 e. The summed E-state index contributed by atoms with van der Waals surface area (Å²) >= 11 is 6.16. The molecule has 0 unspecified atom stereocenters. The lowest BCUT2D eigenvalue weighted by molar-refractivity contribution is -0.137. The molecule has 1 fully saturated rings. The monoisotopic (exact) mass is 490 g/mol. The number of amides is 3. The summed E-state index contributed by atoms with van der Waals surface area (Å²) in [5.74, 6) is -0.687. The second kappa shape index (κ2) is 8.10. The van der Waals surface area contributed by atoms with E-state index in [1.807, 2.05) is 45.0 Å². The SMILES string of the molecule is [C-]#[N+][C@@H]1C[C@@]2(CN1C(=O)[C@H](CC(C)(C)C)N1Cc3cc(Cl)ccc3C1=O)C(=O)Nc1ccccc12. The van der Waals surface area contributed by atoms with E-state index >= 15 is 0 Å². The molecule has 7 nitrogen and oxygen atoms in total. The highest BCUT2D eigenvalue weighted by Crippen LogP contribution is 2.47. The van der Waals surface area contributed by atoms with Crippen LogP contribution in [-0.4, -0.2) is 46.3 Å². The van der Waals surface area contributed by atoms with E-state index in [0.717, 1.165) is 16.8 Å². The Morgan fingerprint density at radius 3 is 2.71 bits per heavy atom. The van der Waals surface area contributed by atoms with Crippen molar-refractivity contribution < 1.29 is 14.4 Å². The highest BCUT2D eigenvalue weighted by molar-refractivity contribution is 6.30. The van der Waals surface area contributed by atoms with Gasteiger partial charge in [0.25, 0.3) is 11.8 Å². The van der Waals surface area contributed by atoms with Gasteiger partial charge in [-0.3, -0.25) is 24.1 Å². The number of hydrogen-bond acceptors (Lipinski definition) is 3. The third-order valence-corrected chi connectivity index (χ3v) is 7.49. The van der Waals surface area contributed by atoms with Gasteiger partial charge in [-0.15, -0.1) is 0 Å². The van der Waals surface area contributed by atoms with Gasteiger partial charge in [-0.25, -0.2) is 6.57 Å². The molecule has 1 N–H and O–H groups in total. The van der Waals surface area contributed by atoms with Gasteiger partial charge in [0.1, 0.15) is 11.5 Å². The molecule has 3 amide bonds. The molecule has 3 atom stereocenters. The van der Waals surface area contributed by atoms with Crippen molar-refractivity contribution in [3.63, 3.8) is 0 Å². The zero-order chi connectivity index (χ0) is 25.1. The summed E-state index contributed by atoms with van der Waals surface area (Å²) in [5, 5.41) is 3.46. The first-order valence-corrected chi connectivity index (χ1v) is 12.1. The maximum atomic E-state index is 14.1. The molecule has 8 heteroatoms. The summed E-state index contributed by atoms with van der Waals surface area (Å²) in [4.78, 5) is 47.5. The van der Waals surface area contributed by atoms with Gasteiger partial charge in [0.15, 0.2) is 0 Å². The summed E-state index contributed by atoms with van der Waals surface area (Å²) in [7, 11) is 0. The minimum absolute atomic E-state index is 0.114. The Morgan fingerprint density at radius 2 is 2.00 bits per heavy atom. The van der Waals surface area contributed by atoms with E-state index in [4.69, 9.17) is 18.2 Å². The van der Waals surface area contributed by atoms with Gasteiger partial charge < -0.3 is 10.2 Å². The van der Waals surface area contributed by atoms with Crippen molar-refractivity contribution in [2.45, 2.75) is 57.8 Å². The summed E-state index contributed by atoms with van der Waals surface area (Å²) in [6.07, 6.45) is -0.121. The molecular weight excluding hydrogens is 464 g/mol. The van der Waals surface area contributed by atoms with Gasteiger partial charge >= 0.3 is 6.17 Å². The molecule has 3 aliphatic heterocycles. The number of carbonyl (C=O) groups is 3.